The maximum atomic E-state index is 4.39. The van der Waals surface area contributed by atoms with Gasteiger partial charge in [0.2, 0.25) is 0 Å². The molecule has 0 spiro atoms. The van der Waals surface area contributed by atoms with Crippen LogP contribution in [0.25, 0.3) is 0 Å². The van der Waals surface area contributed by atoms with Gasteiger partial charge in [0, 0.05) is 18.1 Å². The zero-order valence-electron chi connectivity index (χ0n) is 7.84. The lowest BCUT2D eigenvalue weighted by Crippen LogP contribution is -2.02. The first-order valence-corrected chi connectivity index (χ1v) is 5.31. The molecule has 0 aliphatic heterocycles. The largest absolute Gasteiger partial charge is 0.273 e. The Morgan fingerprint density at radius 1 is 1.67 bits per heavy atom. The van der Waals surface area contributed by atoms with E-state index in [1.165, 1.54) is 11.4 Å². The number of hydrogen-bond acceptors (Lipinski definition) is 1. The summed E-state index contributed by atoms with van der Waals surface area (Å²) < 4.78 is 1.93. The van der Waals surface area contributed by atoms with Gasteiger partial charge in [-0.25, -0.2) is 0 Å². The lowest BCUT2D eigenvalue weighted by molar-refractivity contribution is 0.630. The predicted octanol–water partition coefficient (Wildman–Crippen LogP) is 2.30. The highest BCUT2D eigenvalue weighted by atomic mass is 79.9. The first-order chi connectivity index (χ1) is 5.63. The maximum absolute atomic E-state index is 4.39. The van der Waals surface area contributed by atoms with Crippen LogP contribution in [0.15, 0.2) is 6.07 Å². The van der Waals surface area contributed by atoms with Crippen LogP contribution in [0.3, 0.4) is 0 Å². The van der Waals surface area contributed by atoms with Crippen LogP contribution in [-0.2, 0) is 13.5 Å². The van der Waals surface area contributed by atoms with E-state index in [-0.39, 0.29) is 0 Å². The molecule has 1 aromatic heterocycles. The maximum Gasteiger partial charge on any atom is 0.0630 e. The van der Waals surface area contributed by atoms with Gasteiger partial charge in [-0.2, -0.15) is 5.10 Å². The van der Waals surface area contributed by atoms with Gasteiger partial charge in [0.25, 0.3) is 0 Å². The van der Waals surface area contributed by atoms with Crippen LogP contribution >= 0.6 is 15.9 Å². The van der Waals surface area contributed by atoms with Crippen molar-refractivity contribution in [1.29, 1.82) is 0 Å². The zero-order valence-corrected chi connectivity index (χ0v) is 9.43. The molecule has 0 fully saturated rings. The van der Waals surface area contributed by atoms with Gasteiger partial charge >= 0.3 is 0 Å². The molecule has 1 aromatic rings. The van der Waals surface area contributed by atoms with Crippen LogP contribution in [-0.4, -0.2) is 15.1 Å². The molecule has 0 aliphatic carbocycles. The standard InChI is InChI=1S/C9H15BrN2/c1-7(6-10)4-9-5-8(2)12(3)11-9/h5,7H,4,6H2,1-3H3. The molecule has 68 valence electrons. The van der Waals surface area contributed by atoms with Crippen molar-refractivity contribution in [3.05, 3.63) is 17.5 Å². The average Bonchev–Trinajstić information content (AvgIpc) is 2.31. The molecule has 0 radical (unpaired) electrons. The summed E-state index contributed by atoms with van der Waals surface area (Å²) in [6.45, 7) is 4.30. The molecule has 1 atom stereocenters. The van der Waals surface area contributed by atoms with E-state index in [2.05, 4.69) is 40.9 Å². The minimum atomic E-state index is 0.666. The molecular formula is C9H15BrN2. The Bertz CT molecular complexity index is 236. The van der Waals surface area contributed by atoms with E-state index < -0.39 is 0 Å². The van der Waals surface area contributed by atoms with Gasteiger partial charge in [0.05, 0.1) is 5.69 Å². The van der Waals surface area contributed by atoms with Gasteiger partial charge in [0.15, 0.2) is 0 Å². The van der Waals surface area contributed by atoms with Gasteiger partial charge in [-0.15, -0.1) is 0 Å². The highest BCUT2D eigenvalue weighted by Gasteiger charge is 2.05. The molecule has 0 aromatic carbocycles. The van der Waals surface area contributed by atoms with Gasteiger partial charge in [0.1, 0.15) is 0 Å². The zero-order chi connectivity index (χ0) is 9.14. The number of aromatic nitrogens is 2. The monoisotopic (exact) mass is 230 g/mol. The minimum Gasteiger partial charge on any atom is -0.273 e. The number of alkyl halides is 1. The number of aryl methyl sites for hydroxylation is 2. The smallest absolute Gasteiger partial charge is 0.0630 e. The van der Waals surface area contributed by atoms with E-state index in [0.717, 1.165) is 11.8 Å². The second-order valence-corrected chi connectivity index (χ2v) is 4.01. The molecule has 0 aliphatic rings. The molecule has 0 saturated heterocycles. The van der Waals surface area contributed by atoms with E-state index in [4.69, 9.17) is 0 Å². The van der Waals surface area contributed by atoms with Gasteiger partial charge < -0.3 is 0 Å². The molecule has 0 N–H and O–H groups in total. The van der Waals surface area contributed by atoms with E-state index in [0.29, 0.717) is 5.92 Å². The number of rotatable bonds is 3. The molecule has 12 heavy (non-hydrogen) atoms. The summed E-state index contributed by atoms with van der Waals surface area (Å²) in [7, 11) is 1.98. The quantitative estimate of drug-likeness (QED) is 0.730. The van der Waals surface area contributed by atoms with Gasteiger partial charge in [-0.3, -0.25) is 4.68 Å². The summed E-state index contributed by atoms with van der Waals surface area (Å²) >= 11 is 3.46. The van der Waals surface area contributed by atoms with Crippen molar-refractivity contribution in [2.75, 3.05) is 5.33 Å². The van der Waals surface area contributed by atoms with Gasteiger partial charge in [-0.1, -0.05) is 22.9 Å². The second kappa shape index (κ2) is 4.08. The van der Waals surface area contributed by atoms with Crippen LogP contribution < -0.4 is 0 Å². The summed E-state index contributed by atoms with van der Waals surface area (Å²) in [4.78, 5) is 0. The summed E-state index contributed by atoms with van der Waals surface area (Å²) in [5.41, 5.74) is 2.42. The molecule has 0 amide bonds. The van der Waals surface area contributed by atoms with Crippen molar-refractivity contribution >= 4 is 15.9 Å². The van der Waals surface area contributed by atoms with Crippen molar-refractivity contribution in [3.8, 4) is 0 Å². The lowest BCUT2D eigenvalue weighted by Gasteiger charge is -2.02. The Kier molecular flexibility index (Phi) is 3.32. The molecule has 1 heterocycles. The summed E-state index contributed by atoms with van der Waals surface area (Å²) in [5, 5.41) is 5.44. The molecule has 1 unspecified atom stereocenters. The van der Waals surface area contributed by atoms with E-state index in [1.54, 1.807) is 0 Å². The highest BCUT2D eigenvalue weighted by Crippen LogP contribution is 2.10. The topological polar surface area (TPSA) is 17.8 Å². The summed E-state index contributed by atoms with van der Waals surface area (Å²) in [5.74, 6) is 0.666. The van der Waals surface area contributed by atoms with E-state index in [1.807, 2.05) is 11.7 Å². The van der Waals surface area contributed by atoms with Crippen LogP contribution in [0.1, 0.15) is 18.3 Å². The Morgan fingerprint density at radius 3 is 2.75 bits per heavy atom. The SMILES string of the molecule is Cc1cc(CC(C)CBr)nn1C. The van der Waals surface area contributed by atoms with Crippen LogP contribution in [0.2, 0.25) is 0 Å². The highest BCUT2D eigenvalue weighted by molar-refractivity contribution is 9.09. The summed E-state index contributed by atoms with van der Waals surface area (Å²) in [6, 6.07) is 2.15. The minimum absolute atomic E-state index is 0.666. The predicted molar refractivity (Wildman–Crippen MR) is 54.6 cm³/mol. The fraction of sp³-hybridized carbons (Fsp3) is 0.667. The first kappa shape index (κ1) is 9.78. The van der Waals surface area contributed by atoms with Crippen molar-refractivity contribution in [2.24, 2.45) is 13.0 Å². The van der Waals surface area contributed by atoms with Crippen molar-refractivity contribution < 1.29 is 0 Å². The first-order valence-electron chi connectivity index (χ1n) is 4.19. The van der Waals surface area contributed by atoms with Gasteiger partial charge in [-0.05, 0) is 25.3 Å². The Balaban J connectivity index is 2.64. The lowest BCUT2D eigenvalue weighted by atomic mass is 10.1. The van der Waals surface area contributed by atoms with E-state index in [9.17, 15) is 0 Å². The van der Waals surface area contributed by atoms with Crippen LogP contribution in [0.4, 0.5) is 0 Å². The molecule has 3 heteroatoms. The van der Waals surface area contributed by atoms with Crippen molar-refractivity contribution in [3.63, 3.8) is 0 Å². The van der Waals surface area contributed by atoms with Crippen LogP contribution in [0, 0.1) is 12.8 Å². The average molecular weight is 231 g/mol. The fourth-order valence-electron chi connectivity index (χ4n) is 1.15. The number of hydrogen-bond donors (Lipinski definition) is 0. The van der Waals surface area contributed by atoms with Crippen LogP contribution in [0.5, 0.6) is 0 Å². The Labute approximate surface area is 82.1 Å². The van der Waals surface area contributed by atoms with Crippen molar-refractivity contribution in [2.45, 2.75) is 20.3 Å². The fourth-order valence-corrected chi connectivity index (χ4v) is 1.38. The molecule has 0 bridgehead atoms. The molecule has 0 saturated carbocycles. The number of halogens is 1. The normalized spacial score (nSPS) is 13.3. The third-order valence-electron chi connectivity index (χ3n) is 1.99. The Morgan fingerprint density at radius 2 is 2.33 bits per heavy atom. The van der Waals surface area contributed by atoms with Crippen molar-refractivity contribution in [1.82, 2.24) is 9.78 Å². The third kappa shape index (κ3) is 2.34. The summed E-state index contributed by atoms with van der Waals surface area (Å²) in [6.07, 6.45) is 1.06. The second-order valence-electron chi connectivity index (χ2n) is 3.36. The Hall–Kier alpha value is -0.310. The molecule has 1 rings (SSSR count). The number of nitrogens with zero attached hydrogens (tertiary/aromatic N) is 2. The molecular weight excluding hydrogens is 216 g/mol. The molecule has 2 nitrogen and oxygen atoms in total. The van der Waals surface area contributed by atoms with E-state index >= 15 is 0 Å². The third-order valence-corrected chi connectivity index (χ3v) is 3.09.